The third-order valence-corrected chi connectivity index (χ3v) is 7.38. The van der Waals surface area contributed by atoms with Crippen LogP contribution >= 0.6 is 0 Å². The molecule has 37 heavy (non-hydrogen) atoms. The molecule has 0 radical (unpaired) electrons. The Hall–Kier alpha value is -0.520. The van der Waals surface area contributed by atoms with Gasteiger partial charge in [0.25, 0.3) is 0 Å². The smallest absolute Gasteiger partial charge is 0.173 e. The van der Waals surface area contributed by atoms with Gasteiger partial charge in [0.2, 0.25) is 0 Å². The average Bonchev–Trinajstić information content (AvgIpc) is 2.84. The topological polar surface area (TPSA) is 242 Å². The summed E-state index contributed by atoms with van der Waals surface area (Å²) in [7, 11) is 0. The third-order valence-electron chi connectivity index (χ3n) is 7.38. The zero-order chi connectivity index (χ0) is 28.7. The summed E-state index contributed by atoms with van der Waals surface area (Å²) in [6, 6.07) is -1.38. The van der Waals surface area contributed by atoms with E-state index in [0.717, 1.165) is 6.42 Å². The Balaban J connectivity index is 0.000000278. The maximum atomic E-state index is 9.45. The second kappa shape index (κ2) is 15.3. The number of nitrogens with two attached hydrogens (primary N) is 2. The predicted molar refractivity (Wildman–Crippen MR) is 132 cm³/mol. The molecule has 3 fully saturated rings. The minimum Gasteiger partial charge on any atom is -0.394 e. The lowest BCUT2D eigenvalue weighted by Crippen LogP contribution is -2.61. The van der Waals surface area contributed by atoms with Crippen LogP contribution in [0.15, 0.2) is 0 Å². The van der Waals surface area contributed by atoms with E-state index in [1.807, 2.05) is 20.8 Å². The Bertz CT molecular complexity index is 639. The van der Waals surface area contributed by atoms with Gasteiger partial charge in [-0.05, 0) is 30.1 Å². The molecule has 3 saturated heterocycles. The standard InChI is InChI=1S/C10H20O3.C8H17NO3.C6H13NO5/c1-6(2)8-4-7(3)10(12)13-9(8)5-11;1-8(2)3-5(9)7(11)12-6(8)4-10;7-3-5(10)4(9)2(1-8)12-6(3)11/h6-12H,4-5H2,1-3H3;5-7,10-11H,3-4,9H2,1-2H3;2-6,8-11H,1,7H2. The van der Waals surface area contributed by atoms with Crippen molar-refractivity contribution in [3.8, 4) is 0 Å². The van der Waals surface area contributed by atoms with Crippen LogP contribution in [0.1, 0.15) is 47.5 Å². The highest BCUT2D eigenvalue weighted by Gasteiger charge is 2.42. The normalized spacial score (nSPS) is 43.8. The van der Waals surface area contributed by atoms with Crippen LogP contribution in [0.4, 0.5) is 0 Å². The molecule has 13 nitrogen and oxygen atoms in total. The largest absolute Gasteiger partial charge is 0.394 e. The molecule has 3 aliphatic rings. The molecule has 0 bridgehead atoms. The molecule has 3 heterocycles. The third kappa shape index (κ3) is 9.57. The summed E-state index contributed by atoms with van der Waals surface area (Å²) in [4.78, 5) is 0. The van der Waals surface area contributed by atoms with Crippen LogP contribution in [0.2, 0.25) is 0 Å². The molecular formula is C24H50N2O11. The van der Waals surface area contributed by atoms with E-state index in [1.54, 1.807) is 0 Å². The molecule has 0 amide bonds. The lowest BCUT2D eigenvalue weighted by Gasteiger charge is -2.42. The van der Waals surface area contributed by atoms with Gasteiger partial charge in [0.1, 0.15) is 18.3 Å². The first-order valence-electron chi connectivity index (χ1n) is 12.8. The predicted octanol–water partition coefficient (Wildman–Crippen LogP) is -2.82. The molecule has 0 saturated carbocycles. The van der Waals surface area contributed by atoms with Gasteiger partial charge in [-0.3, -0.25) is 0 Å². The number of hydrogen-bond donors (Lipinski definition) is 10. The Labute approximate surface area is 219 Å². The van der Waals surface area contributed by atoms with Gasteiger partial charge in [0.15, 0.2) is 18.9 Å². The molecule has 0 spiro atoms. The van der Waals surface area contributed by atoms with Gasteiger partial charge in [-0.2, -0.15) is 0 Å². The van der Waals surface area contributed by atoms with Crippen molar-refractivity contribution in [2.75, 3.05) is 19.8 Å². The maximum Gasteiger partial charge on any atom is 0.173 e. The van der Waals surface area contributed by atoms with Crippen LogP contribution in [0.25, 0.3) is 0 Å². The summed E-state index contributed by atoms with van der Waals surface area (Å²) >= 11 is 0. The zero-order valence-corrected chi connectivity index (χ0v) is 22.5. The monoisotopic (exact) mass is 542 g/mol. The van der Waals surface area contributed by atoms with Crippen LogP contribution < -0.4 is 11.5 Å². The first-order chi connectivity index (χ1) is 17.1. The summed E-state index contributed by atoms with van der Waals surface area (Å²) < 4.78 is 15.2. The first-order valence-corrected chi connectivity index (χ1v) is 12.8. The Kier molecular flexibility index (Phi) is 14.3. The van der Waals surface area contributed by atoms with Crippen molar-refractivity contribution in [2.45, 2.75) is 109 Å². The van der Waals surface area contributed by atoms with Crippen LogP contribution in [-0.4, -0.2) is 122 Å². The van der Waals surface area contributed by atoms with E-state index in [9.17, 15) is 20.4 Å². The quantitative estimate of drug-likeness (QED) is 0.173. The SMILES string of the molecule is CC(C)C1CC(C)C(O)OC1CO.CC1(C)CC(N)C(O)OC1CO.NC1C(O)OC(CO)C(O)C1O. The van der Waals surface area contributed by atoms with E-state index in [2.05, 4.69) is 13.8 Å². The summed E-state index contributed by atoms with van der Waals surface area (Å²) in [5, 5.41) is 72.8. The minimum atomic E-state index is -1.35. The number of rotatable bonds is 4. The Morgan fingerprint density at radius 2 is 1.32 bits per heavy atom. The van der Waals surface area contributed by atoms with Crippen LogP contribution in [-0.2, 0) is 14.2 Å². The highest BCUT2D eigenvalue weighted by atomic mass is 16.6. The van der Waals surface area contributed by atoms with Gasteiger partial charge in [-0.15, -0.1) is 0 Å². The molecule has 12 unspecified atom stereocenters. The van der Waals surface area contributed by atoms with Crippen molar-refractivity contribution in [1.29, 1.82) is 0 Å². The molecule has 3 rings (SSSR count). The zero-order valence-electron chi connectivity index (χ0n) is 22.5. The van der Waals surface area contributed by atoms with Crippen molar-refractivity contribution in [3.63, 3.8) is 0 Å². The second-order valence-corrected chi connectivity index (χ2v) is 11.2. The molecule has 12 atom stereocenters. The van der Waals surface area contributed by atoms with Crippen molar-refractivity contribution < 1.29 is 55.1 Å². The second-order valence-electron chi connectivity index (χ2n) is 11.2. The van der Waals surface area contributed by atoms with Crippen LogP contribution in [0, 0.1) is 23.2 Å². The average molecular weight is 543 g/mol. The molecule has 0 aromatic rings. The van der Waals surface area contributed by atoms with Crippen molar-refractivity contribution >= 4 is 0 Å². The molecule has 0 aromatic carbocycles. The molecule has 0 aliphatic carbocycles. The fourth-order valence-corrected chi connectivity index (χ4v) is 4.69. The number of aliphatic hydroxyl groups excluding tert-OH is 8. The Morgan fingerprint density at radius 3 is 1.81 bits per heavy atom. The summed E-state index contributed by atoms with van der Waals surface area (Å²) in [5.41, 5.74) is 10.7. The van der Waals surface area contributed by atoms with E-state index in [0.29, 0.717) is 18.3 Å². The maximum absolute atomic E-state index is 9.45. The number of ether oxygens (including phenoxy) is 3. The first kappa shape index (κ1) is 34.5. The van der Waals surface area contributed by atoms with E-state index < -0.39 is 49.8 Å². The highest BCUT2D eigenvalue weighted by Crippen LogP contribution is 2.34. The van der Waals surface area contributed by atoms with Crippen LogP contribution in [0.5, 0.6) is 0 Å². The molecular weight excluding hydrogens is 492 g/mol. The Morgan fingerprint density at radius 1 is 0.784 bits per heavy atom. The molecule has 13 heteroatoms. The van der Waals surface area contributed by atoms with Gasteiger partial charge >= 0.3 is 0 Å². The van der Waals surface area contributed by atoms with Gasteiger partial charge < -0.3 is 66.5 Å². The summed E-state index contributed by atoms with van der Waals surface area (Å²) in [5.74, 6) is 1.03. The molecule has 12 N–H and O–H groups in total. The lowest BCUT2D eigenvalue weighted by molar-refractivity contribution is -0.248. The molecule has 3 aliphatic heterocycles. The summed E-state index contributed by atoms with van der Waals surface area (Å²) in [6.45, 7) is 9.64. The van der Waals surface area contributed by atoms with E-state index >= 15 is 0 Å². The van der Waals surface area contributed by atoms with E-state index in [-0.39, 0.29) is 42.8 Å². The summed E-state index contributed by atoms with van der Waals surface area (Å²) in [6.07, 6.45) is -5.39. The van der Waals surface area contributed by atoms with E-state index in [1.165, 1.54) is 0 Å². The van der Waals surface area contributed by atoms with E-state index in [4.69, 9.17) is 46.1 Å². The van der Waals surface area contributed by atoms with Gasteiger partial charge in [-0.25, -0.2) is 0 Å². The van der Waals surface area contributed by atoms with Crippen molar-refractivity contribution in [1.82, 2.24) is 0 Å². The fourth-order valence-electron chi connectivity index (χ4n) is 4.69. The van der Waals surface area contributed by atoms with Crippen molar-refractivity contribution in [2.24, 2.45) is 34.6 Å². The van der Waals surface area contributed by atoms with Crippen LogP contribution in [0.3, 0.4) is 0 Å². The molecule has 0 aromatic heterocycles. The van der Waals surface area contributed by atoms with Gasteiger partial charge in [-0.1, -0.05) is 34.6 Å². The van der Waals surface area contributed by atoms with Crippen molar-refractivity contribution in [3.05, 3.63) is 0 Å². The van der Waals surface area contributed by atoms with Gasteiger partial charge in [0, 0.05) is 5.92 Å². The minimum absolute atomic E-state index is 0.00657. The lowest BCUT2D eigenvalue weighted by atomic mass is 9.78. The van der Waals surface area contributed by atoms with Gasteiger partial charge in [0.05, 0.1) is 44.1 Å². The number of aliphatic hydroxyl groups is 8. The fraction of sp³-hybridized carbons (Fsp3) is 1.00. The highest BCUT2D eigenvalue weighted by molar-refractivity contribution is 4.91. The molecule has 222 valence electrons. The number of hydrogen-bond acceptors (Lipinski definition) is 13.